The summed E-state index contributed by atoms with van der Waals surface area (Å²) in [5.74, 6) is 0.201. The van der Waals surface area contributed by atoms with Gasteiger partial charge in [-0.25, -0.2) is 9.97 Å². The van der Waals surface area contributed by atoms with Gasteiger partial charge in [-0.05, 0) is 30.3 Å². The maximum atomic E-state index is 12.6. The lowest BCUT2D eigenvalue weighted by atomic mass is 10.2. The number of halogens is 3. The minimum absolute atomic E-state index is 0.0600. The predicted molar refractivity (Wildman–Crippen MR) is 66.7 cm³/mol. The number of benzene rings is 1. The first-order chi connectivity index (χ1) is 9.43. The van der Waals surface area contributed by atoms with E-state index < -0.39 is 11.7 Å². The minimum atomic E-state index is -4.46. The number of oxazole rings is 1. The second kappa shape index (κ2) is 4.22. The molecule has 0 saturated heterocycles. The molecule has 3 rings (SSSR count). The van der Waals surface area contributed by atoms with Gasteiger partial charge in [-0.15, -0.1) is 0 Å². The fourth-order valence-corrected chi connectivity index (χ4v) is 1.73. The highest BCUT2D eigenvalue weighted by Gasteiger charge is 2.31. The Morgan fingerprint density at radius 2 is 1.80 bits per heavy atom. The smallest absolute Gasteiger partial charge is 0.417 e. The van der Waals surface area contributed by atoms with Crippen LogP contribution in [0.25, 0.3) is 22.7 Å². The van der Waals surface area contributed by atoms with E-state index in [0.29, 0.717) is 11.3 Å². The molecule has 0 bridgehead atoms. The molecule has 20 heavy (non-hydrogen) atoms. The van der Waals surface area contributed by atoms with Crippen molar-refractivity contribution in [2.75, 3.05) is 5.73 Å². The SMILES string of the molecule is Nc1ccc(-c2nc3cc(C(F)(F)F)cnc3o2)cc1. The molecule has 0 aliphatic carbocycles. The average Bonchev–Trinajstić information content (AvgIpc) is 2.81. The number of hydrogen-bond donors (Lipinski definition) is 1. The molecular weight excluding hydrogens is 271 g/mol. The summed E-state index contributed by atoms with van der Waals surface area (Å²) in [5.41, 5.74) is 6.01. The summed E-state index contributed by atoms with van der Waals surface area (Å²) in [4.78, 5) is 7.65. The number of alkyl halides is 3. The first-order valence-electron chi connectivity index (χ1n) is 5.63. The van der Waals surface area contributed by atoms with Crippen molar-refractivity contribution in [2.45, 2.75) is 6.18 Å². The lowest BCUT2D eigenvalue weighted by molar-refractivity contribution is -0.137. The normalized spacial score (nSPS) is 11.9. The standard InChI is InChI=1S/C13H8F3N3O/c14-13(15,16)8-5-10-12(18-6-8)20-11(19-10)7-1-3-9(17)4-2-7/h1-6H,17H2. The number of nitrogens with two attached hydrogens (primary N) is 1. The molecule has 4 nitrogen and oxygen atoms in total. The van der Waals surface area contributed by atoms with Gasteiger partial charge >= 0.3 is 6.18 Å². The molecule has 3 aromatic rings. The number of nitrogens with zero attached hydrogens (tertiary/aromatic N) is 2. The van der Waals surface area contributed by atoms with Crippen LogP contribution in [-0.2, 0) is 6.18 Å². The van der Waals surface area contributed by atoms with Crippen LogP contribution in [0.4, 0.5) is 18.9 Å². The van der Waals surface area contributed by atoms with Gasteiger partial charge in [0.25, 0.3) is 0 Å². The summed E-state index contributed by atoms with van der Waals surface area (Å²) in [5, 5.41) is 0. The molecule has 0 radical (unpaired) electrons. The highest BCUT2D eigenvalue weighted by molar-refractivity contribution is 5.73. The van der Waals surface area contributed by atoms with Crippen LogP contribution in [0.5, 0.6) is 0 Å². The van der Waals surface area contributed by atoms with Crippen molar-refractivity contribution in [3.05, 3.63) is 42.1 Å². The van der Waals surface area contributed by atoms with Crippen molar-refractivity contribution in [3.63, 3.8) is 0 Å². The van der Waals surface area contributed by atoms with E-state index in [0.717, 1.165) is 12.3 Å². The van der Waals surface area contributed by atoms with Crippen LogP contribution in [0, 0.1) is 0 Å². The fraction of sp³-hybridized carbons (Fsp3) is 0.0769. The van der Waals surface area contributed by atoms with E-state index in [4.69, 9.17) is 10.2 Å². The van der Waals surface area contributed by atoms with E-state index in [9.17, 15) is 13.2 Å². The van der Waals surface area contributed by atoms with E-state index in [1.54, 1.807) is 24.3 Å². The third kappa shape index (κ3) is 2.18. The van der Waals surface area contributed by atoms with E-state index in [1.807, 2.05) is 0 Å². The van der Waals surface area contributed by atoms with E-state index in [2.05, 4.69) is 9.97 Å². The second-order valence-corrected chi connectivity index (χ2v) is 4.19. The maximum Gasteiger partial charge on any atom is 0.417 e. The van der Waals surface area contributed by atoms with Crippen LogP contribution in [0.1, 0.15) is 5.56 Å². The van der Waals surface area contributed by atoms with Gasteiger partial charge in [-0.2, -0.15) is 13.2 Å². The Morgan fingerprint density at radius 1 is 1.10 bits per heavy atom. The van der Waals surface area contributed by atoms with Crippen molar-refractivity contribution in [3.8, 4) is 11.5 Å². The molecule has 0 aliphatic rings. The van der Waals surface area contributed by atoms with Gasteiger partial charge in [0.1, 0.15) is 5.52 Å². The van der Waals surface area contributed by atoms with Gasteiger partial charge in [0, 0.05) is 17.4 Å². The molecule has 2 N–H and O–H groups in total. The first kappa shape index (κ1) is 12.5. The van der Waals surface area contributed by atoms with Gasteiger partial charge in [-0.3, -0.25) is 0 Å². The highest BCUT2D eigenvalue weighted by Crippen LogP contribution is 2.31. The quantitative estimate of drug-likeness (QED) is 0.692. The molecule has 0 amide bonds. The molecule has 0 unspecified atom stereocenters. The summed E-state index contributed by atoms with van der Waals surface area (Å²) in [6, 6.07) is 7.56. The molecular formula is C13H8F3N3O. The number of hydrogen-bond acceptors (Lipinski definition) is 4. The predicted octanol–water partition coefficient (Wildman–Crippen LogP) is 3.49. The molecule has 0 atom stereocenters. The molecule has 0 aliphatic heterocycles. The van der Waals surface area contributed by atoms with Gasteiger partial charge in [0.2, 0.25) is 11.6 Å². The zero-order chi connectivity index (χ0) is 14.3. The third-order valence-electron chi connectivity index (χ3n) is 2.73. The fourth-order valence-electron chi connectivity index (χ4n) is 1.73. The summed E-state index contributed by atoms with van der Waals surface area (Å²) >= 11 is 0. The van der Waals surface area contributed by atoms with Crippen LogP contribution in [0.3, 0.4) is 0 Å². The molecule has 0 spiro atoms. The Labute approximate surface area is 111 Å². The van der Waals surface area contributed by atoms with Gasteiger partial charge in [0.05, 0.1) is 5.56 Å². The van der Waals surface area contributed by atoms with Crippen LogP contribution < -0.4 is 5.73 Å². The second-order valence-electron chi connectivity index (χ2n) is 4.19. The lowest BCUT2D eigenvalue weighted by Crippen LogP contribution is -2.04. The van der Waals surface area contributed by atoms with E-state index in [-0.39, 0.29) is 17.1 Å². The topological polar surface area (TPSA) is 64.9 Å². The van der Waals surface area contributed by atoms with Gasteiger partial charge < -0.3 is 10.2 Å². The Balaban J connectivity index is 2.09. The van der Waals surface area contributed by atoms with Crippen molar-refractivity contribution in [1.82, 2.24) is 9.97 Å². The van der Waals surface area contributed by atoms with E-state index in [1.165, 1.54) is 0 Å². The van der Waals surface area contributed by atoms with Gasteiger partial charge in [-0.1, -0.05) is 0 Å². The molecule has 1 aromatic carbocycles. The Kier molecular flexibility index (Phi) is 2.63. The monoisotopic (exact) mass is 279 g/mol. The van der Waals surface area contributed by atoms with Crippen molar-refractivity contribution in [1.29, 1.82) is 0 Å². The molecule has 2 heterocycles. The Bertz CT molecular complexity index is 763. The molecule has 0 fully saturated rings. The summed E-state index contributed by atoms with van der Waals surface area (Å²) in [6.45, 7) is 0. The van der Waals surface area contributed by atoms with Gasteiger partial charge in [0.15, 0.2) is 0 Å². The number of anilines is 1. The van der Waals surface area contributed by atoms with Crippen molar-refractivity contribution < 1.29 is 17.6 Å². The number of pyridine rings is 1. The third-order valence-corrected chi connectivity index (χ3v) is 2.73. The van der Waals surface area contributed by atoms with Crippen LogP contribution in [-0.4, -0.2) is 9.97 Å². The highest BCUT2D eigenvalue weighted by atomic mass is 19.4. The van der Waals surface area contributed by atoms with Crippen LogP contribution in [0.2, 0.25) is 0 Å². The zero-order valence-electron chi connectivity index (χ0n) is 9.98. The number of aromatic nitrogens is 2. The molecule has 102 valence electrons. The zero-order valence-corrected chi connectivity index (χ0v) is 9.98. The Morgan fingerprint density at radius 3 is 2.45 bits per heavy atom. The van der Waals surface area contributed by atoms with Crippen molar-refractivity contribution >= 4 is 16.9 Å². The maximum absolute atomic E-state index is 12.6. The van der Waals surface area contributed by atoms with Crippen LogP contribution >= 0.6 is 0 Å². The summed E-state index contributed by atoms with van der Waals surface area (Å²) in [6.07, 6.45) is -3.73. The first-order valence-corrected chi connectivity index (χ1v) is 5.63. The number of rotatable bonds is 1. The largest absolute Gasteiger partial charge is 0.418 e. The van der Waals surface area contributed by atoms with E-state index >= 15 is 0 Å². The molecule has 0 saturated carbocycles. The summed E-state index contributed by atoms with van der Waals surface area (Å²) in [7, 11) is 0. The minimum Gasteiger partial charge on any atom is -0.418 e. The lowest BCUT2D eigenvalue weighted by Gasteiger charge is -2.03. The summed E-state index contributed by atoms with van der Waals surface area (Å²) < 4.78 is 43.1. The number of nitrogen functional groups attached to an aromatic ring is 1. The number of fused-ring (bicyclic) bond motifs is 1. The molecule has 7 heteroatoms. The van der Waals surface area contributed by atoms with Crippen molar-refractivity contribution in [2.24, 2.45) is 0 Å². The average molecular weight is 279 g/mol. The Hall–Kier alpha value is -2.57. The van der Waals surface area contributed by atoms with Crippen LogP contribution in [0.15, 0.2) is 40.9 Å². The molecule has 2 aromatic heterocycles.